The van der Waals surface area contributed by atoms with E-state index < -0.39 is 6.04 Å². The average molecular weight is 318 g/mol. The molecule has 1 amide bonds. The van der Waals surface area contributed by atoms with Crippen molar-refractivity contribution in [2.75, 3.05) is 19.7 Å². The second-order valence-corrected chi connectivity index (χ2v) is 6.68. The van der Waals surface area contributed by atoms with Crippen molar-refractivity contribution in [3.05, 3.63) is 35.9 Å². The van der Waals surface area contributed by atoms with Crippen molar-refractivity contribution in [2.24, 2.45) is 11.1 Å². The molecule has 1 aromatic rings. The lowest BCUT2D eigenvalue weighted by Crippen LogP contribution is -2.62. The second kappa shape index (κ2) is 6.59. The predicted molar refractivity (Wildman–Crippen MR) is 87.7 cm³/mol. The molecule has 3 unspecified atom stereocenters. The molecule has 0 radical (unpaired) electrons. The highest BCUT2D eigenvalue weighted by molar-refractivity contribution is 5.81. The molecule has 1 spiro atoms. The summed E-state index contributed by atoms with van der Waals surface area (Å²) in [6, 6.07) is 9.29. The van der Waals surface area contributed by atoms with Gasteiger partial charge in [0.1, 0.15) is 6.04 Å². The van der Waals surface area contributed by atoms with E-state index in [0.717, 1.165) is 37.9 Å². The first-order valence-electron chi connectivity index (χ1n) is 8.46. The van der Waals surface area contributed by atoms with Crippen LogP contribution in [-0.4, -0.2) is 47.8 Å². The molecular formula is C18H26N2O3. The molecule has 0 aromatic heterocycles. The van der Waals surface area contributed by atoms with Crippen LogP contribution in [0, 0.1) is 5.41 Å². The molecule has 5 nitrogen and oxygen atoms in total. The Kier molecular flexibility index (Phi) is 4.71. The van der Waals surface area contributed by atoms with Crippen LogP contribution in [0.25, 0.3) is 0 Å². The first-order valence-corrected chi connectivity index (χ1v) is 8.46. The van der Waals surface area contributed by atoms with Crippen molar-refractivity contribution < 1.29 is 14.6 Å². The zero-order valence-corrected chi connectivity index (χ0v) is 13.6. The van der Waals surface area contributed by atoms with Crippen molar-refractivity contribution in [2.45, 2.75) is 44.4 Å². The summed E-state index contributed by atoms with van der Waals surface area (Å²) in [5, 5.41) is 10.3. The molecule has 5 heteroatoms. The van der Waals surface area contributed by atoms with E-state index in [9.17, 15) is 9.90 Å². The van der Waals surface area contributed by atoms with Gasteiger partial charge < -0.3 is 15.6 Å². The number of carbonyl (C=O) groups is 1. The molecule has 2 aliphatic rings. The van der Waals surface area contributed by atoms with Gasteiger partial charge in [0.05, 0.1) is 12.2 Å². The van der Waals surface area contributed by atoms with Gasteiger partial charge in [-0.05, 0) is 38.4 Å². The fourth-order valence-electron chi connectivity index (χ4n) is 4.21. The topological polar surface area (TPSA) is 75.8 Å². The summed E-state index contributed by atoms with van der Waals surface area (Å²) < 4.78 is 5.80. The minimum atomic E-state index is -0.392. The number of aliphatic hydroxyl groups excluding tert-OH is 1. The van der Waals surface area contributed by atoms with Crippen LogP contribution in [0.3, 0.4) is 0 Å². The van der Waals surface area contributed by atoms with E-state index in [1.54, 1.807) is 0 Å². The molecule has 3 N–H and O–H groups in total. The minimum Gasteiger partial charge on any atom is -0.392 e. The van der Waals surface area contributed by atoms with Gasteiger partial charge >= 0.3 is 0 Å². The fourth-order valence-corrected chi connectivity index (χ4v) is 4.21. The predicted octanol–water partition coefficient (Wildman–Crippen LogP) is 1.46. The summed E-state index contributed by atoms with van der Waals surface area (Å²) in [6.07, 6.45) is 2.27. The van der Waals surface area contributed by atoms with Crippen LogP contribution in [-0.2, 0) is 9.53 Å². The fraction of sp³-hybridized carbons (Fsp3) is 0.611. The zero-order chi connectivity index (χ0) is 16.4. The minimum absolute atomic E-state index is 0.134. The van der Waals surface area contributed by atoms with Gasteiger partial charge in [0.15, 0.2) is 0 Å². The maximum atomic E-state index is 12.0. The van der Waals surface area contributed by atoms with Gasteiger partial charge in [-0.2, -0.15) is 0 Å². The van der Waals surface area contributed by atoms with Gasteiger partial charge in [-0.1, -0.05) is 30.3 Å². The number of benzene rings is 1. The molecule has 3 rings (SSSR count). The van der Waals surface area contributed by atoms with E-state index >= 15 is 0 Å². The Balaban J connectivity index is 1.71. The number of piperidine rings is 1. The highest BCUT2D eigenvalue weighted by Crippen LogP contribution is 2.51. The number of carbonyl (C=O) groups excluding carboxylic acids is 1. The lowest BCUT2D eigenvalue weighted by molar-refractivity contribution is -0.211. The Labute approximate surface area is 137 Å². The second-order valence-electron chi connectivity index (χ2n) is 6.68. The van der Waals surface area contributed by atoms with E-state index in [4.69, 9.17) is 10.5 Å². The Morgan fingerprint density at radius 2 is 2.04 bits per heavy atom. The lowest BCUT2D eigenvalue weighted by atomic mass is 9.58. The SMILES string of the molecule is CCOC1CC(O)C12CCN(C(C(N)=O)c1ccccc1)CC2. The van der Waals surface area contributed by atoms with Crippen molar-refractivity contribution in [3.63, 3.8) is 0 Å². The number of ether oxygens (including phenoxy) is 1. The molecule has 3 atom stereocenters. The van der Waals surface area contributed by atoms with Crippen LogP contribution in [0.15, 0.2) is 30.3 Å². The molecule has 0 bridgehead atoms. The summed E-state index contributed by atoms with van der Waals surface area (Å²) in [7, 11) is 0. The third kappa shape index (κ3) is 2.89. The number of primary amides is 1. The van der Waals surface area contributed by atoms with Gasteiger partial charge in [-0.3, -0.25) is 9.69 Å². The van der Waals surface area contributed by atoms with Crippen LogP contribution >= 0.6 is 0 Å². The van der Waals surface area contributed by atoms with Crippen LogP contribution < -0.4 is 5.73 Å². The highest BCUT2D eigenvalue weighted by atomic mass is 16.5. The molecule has 126 valence electrons. The first kappa shape index (κ1) is 16.4. The first-order chi connectivity index (χ1) is 11.1. The Morgan fingerprint density at radius 3 is 2.57 bits per heavy atom. The van der Waals surface area contributed by atoms with Gasteiger partial charge in [-0.15, -0.1) is 0 Å². The largest absolute Gasteiger partial charge is 0.392 e. The van der Waals surface area contributed by atoms with E-state index in [1.807, 2.05) is 37.3 Å². The number of rotatable bonds is 5. The number of nitrogens with zero attached hydrogens (tertiary/aromatic N) is 1. The number of aliphatic hydroxyl groups is 1. The summed E-state index contributed by atoms with van der Waals surface area (Å²) in [6.45, 7) is 4.18. The van der Waals surface area contributed by atoms with Gasteiger partial charge in [0.25, 0.3) is 0 Å². The normalized spacial score (nSPS) is 28.3. The van der Waals surface area contributed by atoms with Crippen LogP contribution in [0.5, 0.6) is 0 Å². The summed E-state index contributed by atoms with van der Waals surface area (Å²) >= 11 is 0. The monoisotopic (exact) mass is 318 g/mol. The maximum Gasteiger partial charge on any atom is 0.239 e. The number of nitrogens with two attached hydrogens (primary N) is 1. The Bertz CT molecular complexity index is 538. The van der Waals surface area contributed by atoms with Crippen molar-refractivity contribution in [1.82, 2.24) is 4.90 Å². The van der Waals surface area contributed by atoms with E-state index in [1.165, 1.54) is 0 Å². The molecule has 1 aliphatic carbocycles. The smallest absolute Gasteiger partial charge is 0.239 e. The number of likely N-dealkylation sites (tertiary alicyclic amines) is 1. The van der Waals surface area contributed by atoms with Gasteiger partial charge in [0.2, 0.25) is 5.91 Å². The molecule has 1 saturated heterocycles. The number of hydrogen-bond acceptors (Lipinski definition) is 4. The van der Waals surface area contributed by atoms with Crippen LogP contribution in [0.1, 0.15) is 37.8 Å². The molecule has 1 aromatic carbocycles. The summed E-state index contributed by atoms with van der Waals surface area (Å²) in [5.74, 6) is -0.317. The van der Waals surface area contributed by atoms with Gasteiger partial charge in [-0.25, -0.2) is 0 Å². The molecular weight excluding hydrogens is 292 g/mol. The van der Waals surface area contributed by atoms with Crippen molar-refractivity contribution >= 4 is 5.91 Å². The van der Waals surface area contributed by atoms with E-state index in [2.05, 4.69) is 4.90 Å². The standard InChI is InChI=1S/C18H26N2O3/c1-2-23-15-12-14(21)18(15)8-10-20(11-9-18)16(17(19)22)13-6-4-3-5-7-13/h3-7,14-16,21H,2,8-12H2,1H3,(H2,19,22). The van der Waals surface area contributed by atoms with Crippen molar-refractivity contribution in [1.29, 1.82) is 0 Å². The maximum absolute atomic E-state index is 12.0. The third-order valence-corrected chi connectivity index (χ3v) is 5.59. The van der Waals surface area contributed by atoms with Crippen molar-refractivity contribution in [3.8, 4) is 0 Å². The summed E-state index contributed by atoms with van der Waals surface area (Å²) in [4.78, 5) is 14.1. The van der Waals surface area contributed by atoms with Crippen LogP contribution in [0.2, 0.25) is 0 Å². The number of hydrogen-bond donors (Lipinski definition) is 2. The molecule has 2 fully saturated rings. The molecule has 1 heterocycles. The zero-order valence-electron chi connectivity index (χ0n) is 13.6. The molecule has 1 saturated carbocycles. The quantitative estimate of drug-likeness (QED) is 0.862. The average Bonchev–Trinajstić information content (AvgIpc) is 2.56. The number of amides is 1. The Hall–Kier alpha value is -1.43. The van der Waals surface area contributed by atoms with Gasteiger partial charge in [0, 0.05) is 18.4 Å². The molecule has 23 heavy (non-hydrogen) atoms. The molecule has 1 aliphatic heterocycles. The van der Waals surface area contributed by atoms with E-state index in [0.29, 0.717) is 6.61 Å². The lowest BCUT2D eigenvalue weighted by Gasteiger charge is -2.57. The highest BCUT2D eigenvalue weighted by Gasteiger charge is 2.56. The third-order valence-electron chi connectivity index (χ3n) is 5.59. The summed E-state index contributed by atoms with van der Waals surface area (Å²) in [5.41, 5.74) is 6.46. The van der Waals surface area contributed by atoms with E-state index in [-0.39, 0.29) is 23.5 Å². The van der Waals surface area contributed by atoms with Crippen LogP contribution in [0.4, 0.5) is 0 Å². The Morgan fingerprint density at radius 1 is 1.39 bits per heavy atom.